The number of hydrogen-bond acceptors (Lipinski definition) is 2. The maximum atomic E-state index is 13.4. The minimum atomic E-state index is -0.216. The summed E-state index contributed by atoms with van der Waals surface area (Å²) in [5.74, 6) is 1.34. The van der Waals surface area contributed by atoms with E-state index in [1.807, 2.05) is 4.57 Å². The Morgan fingerprint density at radius 3 is 2.80 bits per heavy atom. The van der Waals surface area contributed by atoms with Crippen molar-refractivity contribution in [2.24, 2.45) is 0 Å². The minimum absolute atomic E-state index is 0.216. The topological polar surface area (TPSA) is 43.8 Å². The summed E-state index contributed by atoms with van der Waals surface area (Å²) in [5, 5.41) is 0. The zero-order valence-corrected chi connectivity index (χ0v) is 12.0. The number of nitrogens with two attached hydrogens (primary N) is 1. The van der Waals surface area contributed by atoms with Crippen molar-refractivity contribution in [1.82, 2.24) is 9.55 Å². The van der Waals surface area contributed by atoms with Crippen molar-refractivity contribution in [3.8, 4) is 11.3 Å². The van der Waals surface area contributed by atoms with Crippen LogP contribution in [0.5, 0.6) is 0 Å². The van der Waals surface area contributed by atoms with Crippen LogP contribution in [-0.2, 0) is 13.0 Å². The molecule has 0 radical (unpaired) electrons. The van der Waals surface area contributed by atoms with Gasteiger partial charge in [0.25, 0.3) is 0 Å². The highest BCUT2D eigenvalue weighted by molar-refractivity contribution is 5.71. The van der Waals surface area contributed by atoms with Crippen LogP contribution in [0.3, 0.4) is 0 Å². The van der Waals surface area contributed by atoms with E-state index >= 15 is 0 Å². The molecular formula is C16H20FN3. The monoisotopic (exact) mass is 273 g/mol. The van der Waals surface area contributed by atoms with Gasteiger partial charge in [0, 0.05) is 18.5 Å². The predicted octanol–water partition coefficient (Wildman–Crippen LogP) is 3.72. The normalized spacial score (nSPS) is 10.8. The standard InChI is InChI=1S/C16H20FN3/c1-4-6-14-19-15(16(18)20(14)9-5-2)12-7-8-13(17)11(3)10-12/h5,7-8,10H,2,4,6,9,18H2,1,3H3. The number of allylic oxidation sites excluding steroid dienone is 1. The molecule has 20 heavy (non-hydrogen) atoms. The van der Waals surface area contributed by atoms with Gasteiger partial charge in [-0.3, -0.25) is 0 Å². The lowest BCUT2D eigenvalue weighted by Crippen LogP contribution is -2.05. The number of anilines is 1. The summed E-state index contributed by atoms with van der Waals surface area (Å²) < 4.78 is 15.3. The van der Waals surface area contributed by atoms with Crippen LogP contribution < -0.4 is 5.73 Å². The molecule has 0 fully saturated rings. The molecule has 0 aliphatic carbocycles. The SMILES string of the molecule is C=CCn1c(CCC)nc(-c2ccc(F)c(C)c2)c1N. The van der Waals surface area contributed by atoms with Gasteiger partial charge in [0.1, 0.15) is 23.2 Å². The Hall–Kier alpha value is -2.10. The van der Waals surface area contributed by atoms with E-state index in [4.69, 9.17) is 5.73 Å². The average Bonchev–Trinajstić information content (AvgIpc) is 2.72. The van der Waals surface area contributed by atoms with Crippen molar-refractivity contribution < 1.29 is 4.39 Å². The number of nitrogen functional groups attached to an aromatic ring is 1. The summed E-state index contributed by atoms with van der Waals surface area (Å²) in [5.41, 5.74) is 8.36. The molecular weight excluding hydrogens is 253 g/mol. The predicted molar refractivity (Wildman–Crippen MR) is 81.0 cm³/mol. The molecule has 3 nitrogen and oxygen atoms in total. The van der Waals surface area contributed by atoms with E-state index in [2.05, 4.69) is 18.5 Å². The summed E-state index contributed by atoms with van der Waals surface area (Å²) in [7, 11) is 0. The molecule has 0 saturated carbocycles. The number of rotatable bonds is 5. The smallest absolute Gasteiger partial charge is 0.132 e. The second-order valence-corrected chi connectivity index (χ2v) is 4.88. The van der Waals surface area contributed by atoms with Crippen LogP contribution in [-0.4, -0.2) is 9.55 Å². The molecule has 0 saturated heterocycles. The van der Waals surface area contributed by atoms with Crippen molar-refractivity contribution >= 4 is 5.82 Å². The summed E-state index contributed by atoms with van der Waals surface area (Å²) in [6, 6.07) is 4.95. The first kappa shape index (κ1) is 14.3. The second-order valence-electron chi connectivity index (χ2n) is 4.88. The molecule has 0 aliphatic heterocycles. The Balaban J connectivity index is 2.53. The molecule has 4 heteroatoms. The first-order valence-electron chi connectivity index (χ1n) is 6.80. The zero-order chi connectivity index (χ0) is 14.7. The third-order valence-electron chi connectivity index (χ3n) is 3.30. The Morgan fingerprint density at radius 2 is 2.20 bits per heavy atom. The lowest BCUT2D eigenvalue weighted by molar-refractivity contribution is 0.619. The largest absolute Gasteiger partial charge is 0.383 e. The first-order valence-corrected chi connectivity index (χ1v) is 6.80. The van der Waals surface area contributed by atoms with E-state index in [0.29, 0.717) is 17.9 Å². The van der Waals surface area contributed by atoms with Gasteiger partial charge in [-0.2, -0.15) is 0 Å². The number of halogens is 1. The third kappa shape index (κ3) is 2.59. The fourth-order valence-corrected chi connectivity index (χ4v) is 2.27. The maximum absolute atomic E-state index is 13.4. The van der Waals surface area contributed by atoms with E-state index in [-0.39, 0.29) is 5.82 Å². The van der Waals surface area contributed by atoms with Gasteiger partial charge >= 0.3 is 0 Å². The summed E-state index contributed by atoms with van der Waals surface area (Å²) in [6.45, 7) is 8.23. The highest BCUT2D eigenvalue weighted by atomic mass is 19.1. The Labute approximate surface area is 118 Å². The lowest BCUT2D eigenvalue weighted by Gasteiger charge is -2.06. The van der Waals surface area contributed by atoms with Crippen LogP contribution in [0.15, 0.2) is 30.9 Å². The molecule has 0 atom stereocenters. The maximum Gasteiger partial charge on any atom is 0.132 e. The van der Waals surface area contributed by atoms with E-state index in [1.165, 1.54) is 6.07 Å². The number of aromatic nitrogens is 2. The van der Waals surface area contributed by atoms with Gasteiger partial charge in [-0.05, 0) is 37.1 Å². The molecule has 2 N–H and O–H groups in total. The van der Waals surface area contributed by atoms with E-state index in [9.17, 15) is 4.39 Å². The Kier molecular flexibility index (Phi) is 4.23. The molecule has 2 rings (SSSR count). The Bertz CT molecular complexity index is 629. The van der Waals surface area contributed by atoms with E-state index in [0.717, 1.165) is 29.9 Å². The van der Waals surface area contributed by atoms with Crippen LogP contribution in [0.4, 0.5) is 10.2 Å². The van der Waals surface area contributed by atoms with Crippen LogP contribution in [0.2, 0.25) is 0 Å². The van der Waals surface area contributed by atoms with Gasteiger partial charge in [-0.1, -0.05) is 13.0 Å². The number of hydrogen-bond donors (Lipinski definition) is 1. The molecule has 0 aliphatic rings. The number of nitrogens with zero attached hydrogens (tertiary/aromatic N) is 2. The van der Waals surface area contributed by atoms with Gasteiger partial charge < -0.3 is 10.3 Å². The van der Waals surface area contributed by atoms with Gasteiger partial charge in [0.15, 0.2) is 0 Å². The van der Waals surface area contributed by atoms with Crippen molar-refractivity contribution in [3.05, 3.63) is 48.1 Å². The van der Waals surface area contributed by atoms with Crippen LogP contribution in [0.25, 0.3) is 11.3 Å². The minimum Gasteiger partial charge on any atom is -0.383 e. The zero-order valence-electron chi connectivity index (χ0n) is 12.0. The second kappa shape index (κ2) is 5.90. The van der Waals surface area contributed by atoms with Crippen LogP contribution in [0, 0.1) is 12.7 Å². The van der Waals surface area contributed by atoms with E-state index in [1.54, 1.807) is 25.1 Å². The molecule has 1 aromatic heterocycles. The lowest BCUT2D eigenvalue weighted by atomic mass is 10.1. The summed E-state index contributed by atoms with van der Waals surface area (Å²) in [4.78, 5) is 4.63. The molecule has 106 valence electrons. The fraction of sp³-hybridized carbons (Fsp3) is 0.312. The highest BCUT2D eigenvalue weighted by Crippen LogP contribution is 2.28. The third-order valence-corrected chi connectivity index (χ3v) is 3.30. The summed E-state index contributed by atoms with van der Waals surface area (Å²) in [6.07, 6.45) is 3.66. The van der Waals surface area contributed by atoms with Crippen molar-refractivity contribution in [3.63, 3.8) is 0 Å². The van der Waals surface area contributed by atoms with Crippen molar-refractivity contribution in [2.45, 2.75) is 33.2 Å². The van der Waals surface area contributed by atoms with Crippen molar-refractivity contribution in [2.75, 3.05) is 5.73 Å². The quantitative estimate of drug-likeness (QED) is 0.844. The van der Waals surface area contributed by atoms with Gasteiger partial charge in [0.2, 0.25) is 0 Å². The molecule has 2 aromatic rings. The molecule has 1 heterocycles. The van der Waals surface area contributed by atoms with Gasteiger partial charge in [-0.25, -0.2) is 9.37 Å². The van der Waals surface area contributed by atoms with Gasteiger partial charge in [0.05, 0.1) is 0 Å². The average molecular weight is 273 g/mol. The first-order chi connectivity index (χ1) is 9.58. The molecule has 0 unspecified atom stereocenters. The molecule has 0 bridgehead atoms. The number of imidazole rings is 1. The summed E-state index contributed by atoms with van der Waals surface area (Å²) >= 11 is 0. The fourth-order valence-electron chi connectivity index (χ4n) is 2.27. The molecule has 1 aromatic carbocycles. The Morgan fingerprint density at radius 1 is 1.45 bits per heavy atom. The van der Waals surface area contributed by atoms with E-state index < -0.39 is 0 Å². The highest BCUT2D eigenvalue weighted by Gasteiger charge is 2.15. The van der Waals surface area contributed by atoms with Gasteiger partial charge in [-0.15, -0.1) is 6.58 Å². The molecule has 0 spiro atoms. The van der Waals surface area contributed by atoms with Crippen molar-refractivity contribution in [1.29, 1.82) is 0 Å². The van der Waals surface area contributed by atoms with Crippen LogP contribution >= 0.6 is 0 Å². The van der Waals surface area contributed by atoms with Crippen LogP contribution in [0.1, 0.15) is 24.7 Å². The number of aryl methyl sites for hydroxylation is 2. The molecule has 0 amide bonds. The number of benzene rings is 1.